The molecule has 3 nitrogen and oxygen atoms in total. The molecule has 0 saturated heterocycles. The van der Waals surface area contributed by atoms with E-state index in [9.17, 15) is 10.2 Å². The van der Waals surface area contributed by atoms with Crippen molar-refractivity contribution in [2.24, 2.45) is 0 Å². The molecule has 0 aliphatic heterocycles. The van der Waals surface area contributed by atoms with Gasteiger partial charge in [-0.2, -0.15) is 0 Å². The molecule has 0 aromatic rings. The van der Waals surface area contributed by atoms with Gasteiger partial charge in [-0.25, -0.2) is 0 Å². The molecule has 0 unspecified atom stereocenters. The van der Waals surface area contributed by atoms with Crippen LogP contribution in [0.3, 0.4) is 0 Å². The van der Waals surface area contributed by atoms with Crippen molar-refractivity contribution < 1.29 is 14.7 Å². The van der Waals surface area contributed by atoms with Gasteiger partial charge < -0.3 is 14.7 Å². The highest BCUT2D eigenvalue weighted by atomic mass is 16.3. The Morgan fingerprint density at radius 2 is 0.704 bits per heavy atom. The standard InChI is InChI=1S/C24H52NO2/c1-3-5-7-9-11-13-15-17-19-25(21-23-26,22-24-27)20-18-16-14-12-10-8-6-4-2/h26-27H,3-24H2,1-2H3/q+1. The highest BCUT2D eigenvalue weighted by Gasteiger charge is 2.25. The van der Waals surface area contributed by atoms with Crippen molar-refractivity contribution in [1.82, 2.24) is 0 Å². The van der Waals surface area contributed by atoms with Gasteiger partial charge >= 0.3 is 0 Å². The number of aliphatic hydroxyl groups is 2. The van der Waals surface area contributed by atoms with Crippen molar-refractivity contribution in [1.29, 1.82) is 0 Å². The highest BCUT2D eigenvalue weighted by molar-refractivity contribution is 4.52. The second-order valence-corrected chi connectivity index (χ2v) is 8.63. The van der Waals surface area contributed by atoms with Gasteiger partial charge in [0, 0.05) is 0 Å². The van der Waals surface area contributed by atoms with Crippen LogP contribution >= 0.6 is 0 Å². The molecule has 0 aliphatic rings. The van der Waals surface area contributed by atoms with Gasteiger partial charge in [0.15, 0.2) is 0 Å². The fourth-order valence-electron chi connectivity index (χ4n) is 4.26. The molecule has 0 aromatic carbocycles. The van der Waals surface area contributed by atoms with Gasteiger partial charge in [0.2, 0.25) is 0 Å². The summed E-state index contributed by atoms with van der Waals surface area (Å²) in [4.78, 5) is 0. The number of nitrogens with zero attached hydrogens (tertiary/aromatic N) is 1. The summed E-state index contributed by atoms with van der Waals surface area (Å²) in [6.45, 7) is 8.92. The maximum absolute atomic E-state index is 9.58. The predicted octanol–water partition coefficient (Wildman–Crippen LogP) is 6.07. The summed E-state index contributed by atoms with van der Waals surface area (Å²) in [5.74, 6) is 0. The Labute approximate surface area is 171 Å². The Bertz CT molecular complexity index is 256. The third-order valence-electron chi connectivity index (χ3n) is 6.12. The summed E-state index contributed by atoms with van der Waals surface area (Å²) in [6.07, 6.45) is 21.5. The molecule has 0 spiro atoms. The first-order valence-electron chi connectivity index (χ1n) is 12.3. The molecule has 0 radical (unpaired) electrons. The number of hydrogen-bond acceptors (Lipinski definition) is 2. The minimum absolute atomic E-state index is 0.244. The topological polar surface area (TPSA) is 40.5 Å². The largest absolute Gasteiger partial charge is 0.391 e. The molecule has 3 heteroatoms. The van der Waals surface area contributed by atoms with Crippen LogP contribution in [0, 0.1) is 0 Å². The molecule has 27 heavy (non-hydrogen) atoms. The van der Waals surface area contributed by atoms with E-state index in [4.69, 9.17) is 0 Å². The van der Waals surface area contributed by atoms with Crippen LogP contribution in [0.2, 0.25) is 0 Å². The Balaban J connectivity index is 4.01. The minimum atomic E-state index is 0.244. The van der Waals surface area contributed by atoms with Crippen LogP contribution in [0.5, 0.6) is 0 Å². The Morgan fingerprint density at radius 1 is 0.407 bits per heavy atom. The quantitative estimate of drug-likeness (QED) is 0.175. The molecule has 0 saturated carbocycles. The number of rotatable bonds is 22. The lowest BCUT2D eigenvalue weighted by Gasteiger charge is -2.38. The maximum atomic E-state index is 9.58. The average molecular weight is 387 g/mol. The SMILES string of the molecule is CCCCCCCCCC[N+](CCO)(CCO)CCCCCCCCCC. The molecular formula is C24H52NO2+. The Kier molecular flexibility index (Phi) is 20.5. The van der Waals surface area contributed by atoms with E-state index in [1.165, 1.54) is 103 Å². The summed E-state index contributed by atoms with van der Waals surface area (Å²) < 4.78 is 0.929. The normalized spacial score (nSPS) is 12.0. The van der Waals surface area contributed by atoms with Gasteiger partial charge in [-0.3, -0.25) is 0 Å². The molecule has 0 amide bonds. The molecule has 2 N–H and O–H groups in total. The molecule has 0 bridgehead atoms. The molecule has 0 heterocycles. The first kappa shape index (κ1) is 26.9. The van der Waals surface area contributed by atoms with Crippen LogP contribution < -0.4 is 0 Å². The van der Waals surface area contributed by atoms with Crippen LogP contribution in [0.15, 0.2) is 0 Å². The molecule has 0 fully saturated rings. The van der Waals surface area contributed by atoms with Crippen molar-refractivity contribution in [2.75, 3.05) is 39.4 Å². The van der Waals surface area contributed by atoms with Crippen molar-refractivity contribution in [2.45, 2.75) is 117 Å². The second-order valence-electron chi connectivity index (χ2n) is 8.63. The third kappa shape index (κ3) is 16.5. The van der Waals surface area contributed by atoms with E-state index in [1.54, 1.807) is 0 Å². The smallest absolute Gasteiger partial charge is 0.102 e. The van der Waals surface area contributed by atoms with Crippen molar-refractivity contribution in [3.63, 3.8) is 0 Å². The number of unbranched alkanes of at least 4 members (excludes halogenated alkanes) is 14. The van der Waals surface area contributed by atoms with E-state index >= 15 is 0 Å². The number of hydrogen-bond donors (Lipinski definition) is 2. The fraction of sp³-hybridized carbons (Fsp3) is 1.00. The molecule has 164 valence electrons. The first-order valence-corrected chi connectivity index (χ1v) is 12.3. The van der Waals surface area contributed by atoms with Crippen molar-refractivity contribution >= 4 is 0 Å². The van der Waals surface area contributed by atoms with E-state index in [0.717, 1.165) is 30.7 Å². The van der Waals surface area contributed by atoms with Gasteiger partial charge in [0.25, 0.3) is 0 Å². The van der Waals surface area contributed by atoms with Crippen LogP contribution in [-0.4, -0.2) is 54.1 Å². The van der Waals surface area contributed by atoms with Gasteiger partial charge in [0.1, 0.15) is 13.1 Å². The summed E-state index contributed by atoms with van der Waals surface area (Å²) in [6, 6.07) is 0. The van der Waals surface area contributed by atoms with Crippen molar-refractivity contribution in [3.8, 4) is 0 Å². The monoisotopic (exact) mass is 386 g/mol. The van der Waals surface area contributed by atoms with Crippen molar-refractivity contribution in [3.05, 3.63) is 0 Å². The van der Waals surface area contributed by atoms with Crippen LogP contribution in [0.1, 0.15) is 117 Å². The molecule has 0 aliphatic carbocycles. The minimum Gasteiger partial charge on any atom is -0.391 e. The first-order chi connectivity index (χ1) is 13.2. The van der Waals surface area contributed by atoms with E-state index in [0.29, 0.717) is 0 Å². The summed E-state index contributed by atoms with van der Waals surface area (Å²) in [7, 11) is 0. The lowest BCUT2D eigenvalue weighted by Crippen LogP contribution is -2.52. The summed E-state index contributed by atoms with van der Waals surface area (Å²) in [5, 5.41) is 19.2. The molecule has 0 aromatic heterocycles. The maximum Gasteiger partial charge on any atom is 0.102 e. The van der Waals surface area contributed by atoms with Gasteiger partial charge in [-0.15, -0.1) is 0 Å². The Hall–Kier alpha value is -0.120. The van der Waals surface area contributed by atoms with Crippen LogP contribution in [-0.2, 0) is 0 Å². The lowest BCUT2D eigenvalue weighted by molar-refractivity contribution is -0.929. The van der Waals surface area contributed by atoms with E-state index in [2.05, 4.69) is 13.8 Å². The van der Waals surface area contributed by atoms with E-state index in [1.807, 2.05) is 0 Å². The summed E-state index contributed by atoms with van der Waals surface area (Å²) in [5.41, 5.74) is 0. The zero-order valence-corrected chi connectivity index (χ0v) is 18.9. The van der Waals surface area contributed by atoms with Gasteiger partial charge in [-0.05, 0) is 25.7 Å². The number of aliphatic hydroxyl groups excluding tert-OH is 2. The number of quaternary nitrogens is 1. The van der Waals surface area contributed by atoms with Gasteiger partial charge in [-0.1, -0.05) is 90.9 Å². The van der Waals surface area contributed by atoms with Crippen LogP contribution in [0.25, 0.3) is 0 Å². The molecular weight excluding hydrogens is 334 g/mol. The molecule has 0 rings (SSSR count). The fourth-order valence-corrected chi connectivity index (χ4v) is 4.26. The average Bonchev–Trinajstić information content (AvgIpc) is 2.66. The lowest BCUT2D eigenvalue weighted by atomic mass is 10.1. The van der Waals surface area contributed by atoms with Crippen LogP contribution in [0.4, 0.5) is 0 Å². The van der Waals surface area contributed by atoms with Gasteiger partial charge in [0.05, 0.1) is 26.3 Å². The predicted molar refractivity (Wildman–Crippen MR) is 119 cm³/mol. The zero-order chi connectivity index (χ0) is 20.1. The summed E-state index contributed by atoms with van der Waals surface area (Å²) >= 11 is 0. The van der Waals surface area contributed by atoms with E-state index in [-0.39, 0.29) is 13.2 Å². The highest BCUT2D eigenvalue weighted by Crippen LogP contribution is 2.16. The third-order valence-corrected chi connectivity index (χ3v) is 6.12. The zero-order valence-electron chi connectivity index (χ0n) is 18.9. The Morgan fingerprint density at radius 3 is 1.00 bits per heavy atom. The second kappa shape index (κ2) is 20.6. The molecule has 0 atom stereocenters. The van der Waals surface area contributed by atoms with E-state index < -0.39 is 0 Å².